The van der Waals surface area contributed by atoms with Crippen LogP contribution < -0.4 is 5.32 Å². The SMILES string of the molecule is CCCC(NC)C(CC)S(=O)c1ccc(C)cc1C. The highest BCUT2D eigenvalue weighted by atomic mass is 32.2. The molecule has 0 heterocycles. The van der Waals surface area contributed by atoms with E-state index in [9.17, 15) is 4.21 Å². The Bertz CT molecular complexity index is 431. The molecule has 19 heavy (non-hydrogen) atoms. The lowest BCUT2D eigenvalue weighted by Gasteiger charge is -2.25. The van der Waals surface area contributed by atoms with Crippen LogP contribution in [0.5, 0.6) is 0 Å². The molecule has 0 aliphatic heterocycles. The molecule has 0 aliphatic rings. The van der Waals surface area contributed by atoms with Gasteiger partial charge in [0, 0.05) is 10.9 Å². The maximum atomic E-state index is 12.9. The van der Waals surface area contributed by atoms with Crippen molar-refractivity contribution in [3.63, 3.8) is 0 Å². The third-order valence-corrected chi connectivity index (χ3v) is 5.75. The number of benzene rings is 1. The number of hydrogen-bond acceptors (Lipinski definition) is 2. The van der Waals surface area contributed by atoms with Crippen LogP contribution in [0.1, 0.15) is 44.2 Å². The van der Waals surface area contributed by atoms with Crippen molar-refractivity contribution in [2.45, 2.75) is 63.1 Å². The Morgan fingerprint density at radius 2 is 1.95 bits per heavy atom. The molecule has 0 aromatic heterocycles. The molecule has 0 saturated heterocycles. The van der Waals surface area contributed by atoms with Crippen LogP contribution in [0, 0.1) is 13.8 Å². The van der Waals surface area contributed by atoms with Crippen molar-refractivity contribution in [2.75, 3.05) is 7.05 Å². The summed E-state index contributed by atoms with van der Waals surface area (Å²) in [6.45, 7) is 8.44. The first kappa shape index (κ1) is 16.4. The minimum Gasteiger partial charge on any atom is -0.316 e. The molecule has 0 spiro atoms. The maximum absolute atomic E-state index is 12.9. The molecule has 1 rings (SSSR count). The Morgan fingerprint density at radius 3 is 2.42 bits per heavy atom. The summed E-state index contributed by atoms with van der Waals surface area (Å²) < 4.78 is 12.9. The van der Waals surface area contributed by atoms with Crippen LogP contribution in [0.2, 0.25) is 0 Å². The molecule has 0 fully saturated rings. The zero-order valence-electron chi connectivity index (χ0n) is 12.8. The summed E-state index contributed by atoms with van der Waals surface area (Å²) in [6.07, 6.45) is 3.13. The molecular formula is C16H27NOS. The second-order valence-corrected chi connectivity index (χ2v) is 6.84. The van der Waals surface area contributed by atoms with Crippen LogP contribution in [-0.2, 0) is 10.8 Å². The van der Waals surface area contributed by atoms with Crippen molar-refractivity contribution in [2.24, 2.45) is 0 Å². The Balaban J connectivity index is 3.00. The zero-order chi connectivity index (χ0) is 14.4. The van der Waals surface area contributed by atoms with E-state index in [2.05, 4.69) is 45.1 Å². The predicted octanol–water partition coefficient (Wildman–Crippen LogP) is 3.58. The molecule has 3 heteroatoms. The minimum atomic E-state index is -0.935. The lowest BCUT2D eigenvalue weighted by Crippen LogP contribution is -2.40. The highest BCUT2D eigenvalue weighted by Crippen LogP contribution is 2.22. The van der Waals surface area contributed by atoms with Gasteiger partial charge in [0.15, 0.2) is 0 Å². The average molecular weight is 281 g/mol. The van der Waals surface area contributed by atoms with Crippen molar-refractivity contribution >= 4 is 10.8 Å². The fourth-order valence-electron chi connectivity index (χ4n) is 2.60. The highest BCUT2D eigenvalue weighted by molar-refractivity contribution is 7.85. The number of aryl methyl sites for hydroxylation is 2. The molecule has 0 amide bonds. The van der Waals surface area contributed by atoms with Crippen LogP contribution in [-0.4, -0.2) is 22.5 Å². The Morgan fingerprint density at radius 1 is 1.26 bits per heavy atom. The van der Waals surface area contributed by atoms with Crippen LogP contribution in [0.15, 0.2) is 23.1 Å². The minimum absolute atomic E-state index is 0.186. The standard InChI is InChI=1S/C16H27NOS/c1-6-8-14(17-5)15(7-2)19(18)16-10-9-12(3)11-13(16)4/h9-11,14-15,17H,6-8H2,1-5H3. The predicted molar refractivity (Wildman–Crippen MR) is 84.2 cm³/mol. The van der Waals surface area contributed by atoms with Gasteiger partial charge in [-0.2, -0.15) is 0 Å². The van der Waals surface area contributed by atoms with Gasteiger partial charge in [0.25, 0.3) is 0 Å². The van der Waals surface area contributed by atoms with Gasteiger partial charge in [-0.3, -0.25) is 4.21 Å². The first-order valence-electron chi connectivity index (χ1n) is 7.20. The van der Waals surface area contributed by atoms with Crippen LogP contribution >= 0.6 is 0 Å². The molecule has 0 aliphatic carbocycles. The molecule has 3 unspecified atom stereocenters. The second kappa shape index (κ2) is 7.81. The summed E-state index contributed by atoms with van der Waals surface area (Å²) in [7, 11) is 1.04. The molecule has 1 N–H and O–H groups in total. The number of rotatable bonds is 7. The molecule has 0 bridgehead atoms. The van der Waals surface area contributed by atoms with E-state index in [0.29, 0.717) is 6.04 Å². The van der Waals surface area contributed by atoms with Crippen molar-refractivity contribution in [1.82, 2.24) is 5.32 Å². The van der Waals surface area contributed by atoms with Crippen molar-refractivity contribution < 1.29 is 4.21 Å². The lowest BCUT2D eigenvalue weighted by molar-refractivity contribution is 0.480. The first-order chi connectivity index (χ1) is 9.04. The molecule has 1 aromatic rings. The van der Waals surface area contributed by atoms with E-state index in [1.165, 1.54) is 5.56 Å². The Kier molecular flexibility index (Phi) is 6.73. The summed E-state index contributed by atoms with van der Waals surface area (Å²) in [5, 5.41) is 3.53. The van der Waals surface area contributed by atoms with E-state index in [1.807, 2.05) is 13.1 Å². The van der Waals surface area contributed by atoms with E-state index >= 15 is 0 Å². The first-order valence-corrected chi connectivity index (χ1v) is 8.41. The molecule has 108 valence electrons. The average Bonchev–Trinajstić information content (AvgIpc) is 2.38. The lowest BCUT2D eigenvalue weighted by atomic mass is 10.1. The van der Waals surface area contributed by atoms with Gasteiger partial charge >= 0.3 is 0 Å². The largest absolute Gasteiger partial charge is 0.316 e. The van der Waals surface area contributed by atoms with Gasteiger partial charge in [-0.15, -0.1) is 0 Å². The zero-order valence-corrected chi connectivity index (χ0v) is 13.6. The second-order valence-electron chi connectivity index (χ2n) is 5.20. The fraction of sp³-hybridized carbons (Fsp3) is 0.625. The Labute approximate surface area is 120 Å². The maximum Gasteiger partial charge on any atom is 0.0579 e. The van der Waals surface area contributed by atoms with Gasteiger partial charge in [-0.1, -0.05) is 38.0 Å². The Hall–Kier alpha value is -0.670. The van der Waals surface area contributed by atoms with E-state index in [1.54, 1.807) is 0 Å². The molecule has 2 nitrogen and oxygen atoms in total. The summed E-state index contributed by atoms with van der Waals surface area (Å²) in [4.78, 5) is 0.994. The monoisotopic (exact) mass is 281 g/mol. The molecular weight excluding hydrogens is 254 g/mol. The van der Waals surface area contributed by atoms with Crippen molar-refractivity contribution in [1.29, 1.82) is 0 Å². The van der Waals surface area contributed by atoms with Gasteiger partial charge in [0.2, 0.25) is 0 Å². The van der Waals surface area contributed by atoms with Crippen molar-refractivity contribution in [3.8, 4) is 0 Å². The number of nitrogens with one attached hydrogen (secondary N) is 1. The van der Waals surface area contributed by atoms with Gasteiger partial charge in [0.05, 0.1) is 16.0 Å². The van der Waals surface area contributed by atoms with E-state index in [-0.39, 0.29) is 5.25 Å². The van der Waals surface area contributed by atoms with Crippen LogP contribution in [0.4, 0.5) is 0 Å². The molecule has 0 radical (unpaired) electrons. The topological polar surface area (TPSA) is 29.1 Å². The molecule has 1 aromatic carbocycles. The molecule has 0 saturated carbocycles. The smallest absolute Gasteiger partial charge is 0.0579 e. The highest BCUT2D eigenvalue weighted by Gasteiger charge is 2.25. The van der Waals surface area contributed by atoms with Crippen LogP contribution in [0.3, 0.4) is 0 Å². The number of hydrogen-bond donors (Lipinski definition) is 1. The van der Waals surface area contributed by atoms with E-state index < -0.39 is 10.8 Å². The quantitative estimate of drug-likeness (QED) is 0.827. The molecule has 3 atom stereocenters. The van der Waals surface area contributed by atoms with Gasteiger partial charge in [-0.05, 0) is 45.4 Å². The fourth-order valence-corrected chi connectivity index (χ4v) is 4.38. The van der Waals surface area contributed by atoms with Crippen molar-refractivity contribution in [3.05, 3.63) is 29.3 Å². The summed E-state index contributed by atoms with van der Waals surface area (Å²) in [5.74, 6) is 0. The normalized spacial score (nSPS) is 16.1. The van der Waals surface area contributed by atoms with Gasteiger partial charge in [0.1, 0.15) is 0 Å². The van der Waals surface area contributed by atoms with Gasteiger partial charge in [-0.25, -0.2) is 0 Å². The summed E-state index contributed by atoms with van der Waals surface area (Å²) in [5.41, 5.74) is 2.37. The summed E-state index contributed by atoms with van der Waals surface area (Å²) in [6, 6.07) is 6.54. The summed E-state index contributed by atoms with van der Waals surface area (Å²) >= 11 is 0. The van der Waals surface area contributed by atoms with E-state index in [4.69, 9.17) is 0 Å². The van der Waals surface area contributed by atoms with E-state index in [0.717, 1.165) is 29.7 Å². The third-order valence-electron chi connectivity index (χ3n) is 3.64. The van der Waals surface area contributed by atoms with Crippen LogP contribution in [0.25, 0.3) is 0 Å². The van der Waals surface area contributed by atoms with Gasteiger partial charge < -0.3 is 5.32 Å². The third kappa shape index (κ3) is 4.15.